The predicted octanol–water partition coefficient (Wildman–Crippen LogP) is 8.24. The van der Waals surface area contributed by atoms with Crippen molar-refractivity contribution in [3.05, 3.63) is 98.8 Å². The summed E-state index contributed by atoms with van der Waals surface area (Å²) in [7, 11) is 0. The molecule has 6 nitrogen and oxygen atoms in total. The van der Waals surface area contributed by atoms with E-state index in [0.29, 0.717) is 5.56 Å². The van der Waals surface area contributed by atoms with Gasteiger partial charge in [0.05, 0.1) is 5.69 Å². The monoisotopic (exact) mass is 592 g/mol. The molecule has 0 atom stereocenters. The molecule has 0 aliphatic carbocycles. The van der Waals surface area contributed by atoms with Crippen molar-refractivity contribution >= 4 is 47.3 Å². The maximum absolute atomic E-state index is 14.6. The van der Waals surface area contributed by atoms with Crippen LogP contribution in [0.15, 0.2) is 60.7 Å². The Morgan fingerprint density at radius 2 is 1.52 bits per heavy atom. The van der Waals surface area contributed by atoms with E-state index in [-0.39, 0.29) is 5.56 Å². The van der Waals surface area contributed by atoms with E-state index < -0.39 is 23.2 Å². The molecule has 0 saturated heterocycles. The van der Waals surface area contributed by atoms with Gasteiger partial charge in [-0.3, -0.25) is 0 Å². The molecule has 0 saturated carbocycles. The molecule has 0 radical (unpaired) electrons. The second-order valence-corrected chi connectivity index (χ2v) is 10.7. The summed E-state index contributed by atoms with van der Waals surface area (Å²) in [5, 5.41) is 17.6. The Bertz CT molecular complexity index is 1380. The van der Waals surface area contributed by atoms with Crippen LogP contribution in [0.1, 0.15) is 66.0 Å². The zero-order chi connectivity index (χ0) is 30.9. The van der Waals surface area contributed by atoms with Crippen molar-refractivity contribution in [2.75, 3.05) is 18.2 Å². The minimum absolute atomic E-state index is 0.0243. The van der Waals surface area contributed by atoms with Gasteiger partial charge in [-0.25, -0.2) is 29.5 Å². The fourth-order valence-electron chi connectivity index (χ4n) is 3.52. The van der Waals surface area contributed by atoms with Crippen molar-refractivity contribution in [2.45, 2.75) is 46.5 Å². The van der Waals surface area contributed by atoms with Crippen molar-refractivity contribution in [1.82, 2.24) is 10.9 Å². The van der Waals surface area contributed by atoms with Gasteiger partial charge < -0.3 is 5.11 Å². The number of nitriles is 1. The maximum atomic E-state index is 14.6. The van der Waals surface area contributed by atoms with E-state index in [1.165, 1.54) is 24.3 Å². The number of thiophene rings is 1. The molecule has 0 unspecified atom stereocenters. The quantitative estimate of drug-likeness (QED) is 0.0574. The Hall–Kier alpha value is -4.10. The van der Waals surface area contributed by atoms with Gasteiger partial charge in [0.25, 0.3) is 0 Å². The lowest BCUT2D eigenvalue weighted by atomic mass is 10.1. The zero-order valence-corrected chi connectivity index (χ0v) is 25.1. The first-order chi connectivity index (χ1) is 20.2. The first-order valence-corrected chi connectivity index (χ1v) is 14.6. The van der Waals surface area contributed by atoms with Crippen molar-refractivity contribution < 1.29 is 18.7 Å². The smallest absolute Gasteiger partial charge is 0.345 e. The fraction of sp³-hybridized carbons (Fsp3) is 0.273. The lowest BCUT2D eigenvalue weighted by molar-refractivity contribution is -0.132. The standard InChI is InChI=1S/C29H35F2N3S.C4H3NO2/c1-4-6-18-32-34(33-19-7-5-2)25-13-11-23(12-14-25)9-10-24-20-28(30)27(29(31)21-24)17-16-26-15-8-22(3)35-26;1-3(2-5)4(6)7/h8-17,20-21,32-33H,4-7,18-19H2,1-3H3;1H2,(H,6,7)/b10-9+,17-16+;. The highest BCUT2D eigenvalue weighted by Gasteiger charge is 2.08. The number of hydrogen-bond acceptors (Lipinski definition) is 6. The molecule has 1 aromatic heterocycles. The molecule has 0 fully saturated rings. The fourth-order valence-corrected chi connectivity index (χ4v) is 4.30. The lowest BCUT2D eigenvalue weighted by Gasteiger charge is -2.26. The predicted molar refractivity (Wildman–Crippen MR) is 170 cm³/mol. The molecule has 3 N–H and O–H groups in total. The Balaban J connectivity index is 0.000000782. The first kappa shape index (κ1) is 34.1. The van der Waals surface area contributed by atoms with E-state index in [9.17, 15) is 13.6 Å². The van der Waals surface area contributed by atoms with Crippen LogP contribution in [0.5, 0.6) is 0 Å². The molecule has 2 aromatic carbocycles. The summed E-state index contributed by atoms with van der Waals surface area (Å²) in [6.45, 7) is 11.1. The number of rotatable bonds is 14. The Labute approximate surface area is 251 Å². The van der Waals surface area contributed by atoms with E-state index in [4.69, 9.17) is 10.4 Å². The van der Waals surface area contributed by atoms with E-state index >= 15 is 0 Å². The van der Waals surface area contributed by atoms with Gasteiger partial charge >= 0.3 is 5.97 Å². The summed E-state index contributed by atoms with van der Waals surface area (Å²) in [5.74, 6) is -2.41. The van der Waals surface area contributed by atoms with Crippen LogP contribution >= 0.6 is 11.3 Å². The molecule has 0 spiro atoms. The van der Waals surface area contributed by atoms with Gasteiger partial charge in [-0.15, -0.1) is 11.3 Å². The average molecular weight is 593 g/mol. The zero-order valence-electron chi connectivity index (χ0n) is 24.3. The summed E-state index contributed by atoms with van der Waals surface area (Å²) in [4.78, 5) is 11.7. The molecule has 3 rings (SSSR count). The number of halogens is 2. The molecular weight excluding hydrogens is 554 g/mol. The average Bonchev–Trinajstić information content (AvgIpc) is 3.40. The van der Waals surface area contributed by atoms with Gasteiger partial charge in [0, 0.05) is 28.4 Å². The molecule has 222 valence electrons. The van der Waals surface area contributed by atoms with E-state index in [1.54, 1.807) is 23.5 Å². The van der Waals surface area contributed by atoms with Crippen LogP contribution < -0.4 is 16.0 Å². The number of carboxylic acids is 1. The number of aryl methyl sites for hydroxylation is 1. The minimum Gasteiger partial charge on any atom is -0.477 e. The van der Waals surface area contributed by atoms with Gasteiger partial charge in [0.1, 0.15) is 23.3 Å². The molecule has 3 aromatic rings. The van der Waals surface area contributed by atoms with Crippen LogP contribution in [-0.2, 0) is 4.79 Å². The number of benzene rings is 2. The van der Waals surface area contributed by atoms with Gasteiger partial charge in [0.2, 0.25) is 0 Å². The normalized spacial score (nSPS) is 10.9. The number of nitrogens with one attached hydrogen (secondary N) is 2. The van der Waals surface area contributed by atoms with Gasteiger partial charge in [-0.2, -0.15) is 5.26 Å². The third-order valence-electron chi connectivity index (χ3n) is 5.89. The van der Waals surface area contributed by atoms with Crippen LogP contribution in [-0.4, -0.2) is 24.2 Å². The van der Waals surface area contributed by atoms with Gasteiger partial charge in [-0.05, 0) is 79.4 Å². The summed E-state index contributed by atoms with van der Waals surface area (Å²) >= 11 is 1.59. The number of carboxylic acid groups (broad SMARTS) is 1. The molecule has 42 heavy (non-hydrogen) atoms. The number of hydrogen-bond donors (Lipinski definition) is 3. The lowest BCUT2D eigenvalue weighted by Crippen LogP contribution is -2.49. The minimum atomic E-state index is -1.26. The van der Waals surface area contributed by atoms with Gasteiger partial charge in [-0.1, -0.05) is 57.6 Å². The molecule has 0 bridgehead atoms. The topological polar surface area (TPSA) is 88.4 Å². The molecular formula is C33H38F2N4O2S. The number of unbranched alkanes of at least 4 members (excludes halogenated alkanes) is 2. The highest BCUT2D eigenvalue weighted by Crippen LogP contribution is 2.23. The van der Waals surface area contributed by atoms with Crippen LogP contribution in [0.2, 0.25) is 0 Å². The van der Waals surface area contributed by atoms with E-state index in [0.717, 1.165) is 59.8 Å². The number of nitrogens with zero attached hydrogens (tertiary/aromatic N) is 2. The first-order valence-electron chi connectivity index (χ1n) is 13.8. The third-order valence-corrected chi connectivity index (χ3v) is 6.86. The number of carbonyl (C=O) groups is 1. The van der Waals surface area contributed by atoms with E-state index in [2.05, 4.69) is 31.3 Å². The maximum Gasteiger partial charge on any atom is 0.345 e. The van der Waals surface area contributed by atoms with Crippen LogP contribution in [0.25, 0.3) is 24.3 Å². The summed E-state index contributed by atoms with van der Waals surface area (Å²) in [5.41, 5.74) is 8.86. The molecule has 0 aliphatic heterocycles. The van der Waals surface area contributed by atoms with Gasteiger partial charge in [0.15, 0.2) is 0 Å². The molecule has 0 aliphatic rings. The Morgan fingerprint density at radius 3 is 1.98 bits per heavy atom. The number of hydrazine groups is 2. The SMILES string of the molecule is C=C(C#N)C(=O)O.CCCCNN(NCCCC)c1ccc(/C=C/c2cc(F)c(/C=C/c3ccc(C)s3)c(F)c2)cc1. The van der Waals surface area contributed by atoms with Crippen molar-refractivity contribution in [3.63, 3.8) is 0 Å². The Kier molecular flexibility index (Phi) is 14.9. The Morgan fingerprint density at radius 1 is 0.952 bits per heavy atom. The van der Waals surface area contributed by atoms with Crippen LogP contribution in [0.4, 0.5) is 14.5 Å². The highest BCUT2D eigenvalue weighted by molar-refractivity contribution is 7.12. The van der Waals surface area contributed by atoms with Crippen molar-refractivity contribution in [1.29, 1.82) is 5.26 Å². The second kappa shape index (κ2) is 18.4. The molecule has 0 amide bonds. The number of anilines is 1. The summed E-state index contributed by atoms with van der Waals surface area (Å²) in [6, 6.07) is 16.1. The highest BCUT2D eigenvalue weighted by atomic mass is 32.1. The number of aliphatic carboxylic acids is 1. The van der Waals surface area contributed by atoms with E-state index in [1.807, 2.05) is 54.5 Å². The van der Waals surface area contributed by atoms with Crippen LogP contribution in [0.3, 0.4) is 0 Å². The van der Waals surface area contributed by atoms with Crippen molar-refractivity contribution in [2.24, 2.45) is 0 Å². The summed E-state index contributed by atoms with van der Waals surface area (Å²) in [6.07, 6.45) is 11.3. The largest absolute Gasteiger partial charge is 0.477 e. The molecule has 1 heterocycles. The molecule has 9 heteroatoms. The summed E-state index contributed by atoms with van der Waals surface area (Å²) < 4.78 is 29.2. The van der Waals surface area contributed by atoms with Crippen LogP contribution in [0, 0.1) is 29.9 Å². The third kappa shape index (κ3) is 11.8. The van der Waals surface area contributed by atoms with Crippen molar-refractivity contribution in [3.8, 4) is 6.07 Å². The second-order valence-electron chi connectivity index (χ2n) is 9.36.